The predicted molar refractivity (Wildman–Crippen MR) is 81.3 cm³/mol. The Morgan fingerprint density at radius 1 is 1.42 bits per heavy atom. The van der Waals surface area contributed by atoms with Crippen molar-refractivity contribution >= 4 is 27.5 Å². The number of hydrogen-bond acceptors (Lipinski definition) is 2. The zero-order valence-corrected chi connectivity index (χ0v) is 13.2. The summed E-state index contributed by atoms with van der Waals surface area (Å²) in [6, 6.07) is 6.01. The number of rotatable bonds is 2. The molecule has 0 aromatic heterocycles. The average Bonchev–Trinajstić information content (AvgIpc) is 2.39. The minimum atomic E-state index is 0.00590. The van der Waals surface area contributed by atoms with Gasteiger partial charge in [0.15, 0.2) is 0 Å². The Balaban J connectivity index is 1.79. The normalized spacial score (nSPS) is 27.0. The van der Waals surface area contributed by atoms with E-state index in [1.165, 1.54) is 19.3 Å². The van der Waals surface area contributed by atoms with E-state index in [1.807, 2.05) is 18.2 Å². The van der Waals surface area contributed by atoms with Crippen molar-refractivity contribution in [2.24, 2.45) is 11.7 Å². The average molecular weight is 345 g/mol. The molecule has 4 heteroatoms. The van der Waals surface area contributed by atoms with E-state index in [2.05, 4.69) is 15.9 Å². The molecule has 1 saturated carbocycles. The number of ether oxygens (including phenoxy) is 1. The van der Waals surface area contributed by atoms with Crippen LogP contribution in [0.1, 0.15) is 43.7 Å². The highest BCUT2D eigenvalue weighted by Crippen LogP contribution is 2.47. The monoisotopic (exact) mass is 343 g/mol. The van der Waals surface area contributed by atoms with Gasteiger partial charge in [0.05, 0.1) is 10.6 Å². The summed E-state index contributed by atoms with van der Waals surface area (Å²) in [6.45, 7) is 0.837. The molecule has 2 aliphatic rings. The highest BCUT2D eigenvalue weighted by atomic mass is 79.9. The summed E-state index contributed by atoms with van der Waals surface area (Å²) in [7, 11) is 0. The number of halogens is 2. The van der Waals surface area contributed by atoms with Gasteiger partial charge in [0.2, 0.25) is 0 Å². The topological polar surface area (TPSA) is 35.2 Å². The zero-order valence-electron chi connectivity index (χ0n) is 10.9. The van der Waals surface area contributed by atoms with Gasteiger partial charge in [0.1, 0.15) is 0 Å². The van der Waals surface area contributed by atoms with Gasteiger partial charge in [-0.3, -0.25) is 0 Å². The highest BCUT2D eigenvalue weighted by molar-refractivity contribution is 9.10. The second-order valence-electron chi connectivity index (χ2n) is 5.81. The first kappa shape index (κ1) is 13.9. The lowest BCUT2D eigenvalue weighted by Crippen LogP contribution is -2.47. The van der Waals surface area contributed by atoms with Crippen molar-refractivity contribution < 1.29 is 4.74 Å². The molecule has 0 bridgehead atoms. The fourth-order valence-corrected chi connectivity index (χ4v) is 3.96. The quantitative estimate of drug-likeness (QED) is 0.860. The van der Waals surface area contributed by atoms with Gasteiger partial charge in [-0.1, -0.05) is 23.7 Å². The van der Waals surface area contributed by atoms with Crippen molar-refractivity contribution in [3.8, 4) is 0 Å². The van der Waals surface area contributed by atoms with Crippen LogP contribution < -0.4 is 5.73 Å². The maximum absolute atomic E-state index is 6.48. The Bertz CT molecular complexity index is 475. The standard InChI is InChI=1S/C15H19BrClNO/c16-12-4-1-3-11(13(12)17)14(18)10-5-8-19-15(9-10)6-2-7-15/h1,3-4,10,14H,2,5-9,18H2. The molecular formula is C15H19BrClNO. The highest BCUT2D eigenvalue weighted by Gasteiger charge is 2.44. The molecule has 0 radical (unpaired) electrons. The molecule has 2 N–H and O–H groups in total. The number of nitrogens with two attached hydrogens (primary N) is 1. The lowest BCUT2D eigenvalue weighted by Gasteiger charge is -2.48. The van der Waals surface area contributed by atoms with Gasteiger partial charge in [-0.2, -0.15) is 0 Å². The Kier molecular flexibility index (Phi) is 3.91. The molecule has 2 nitrogen and oxygen atoms in total. The lowest BCUT2D eigenvalue weighted by atomic mass is 9.70. The zero-order chi connectivity index (χ0) is 13.5. The SMILES string of the molecule is NC(c1cccc(Br)c1Cl)C1CCOC2(CCC2)C1. The molecule has 104 valence electrons. The molecule has 1 aromatic rings. The van der Waals surface area contributed by atoms with Crippen LogP contribution in [-0.2, 0) is 4.74 Å². The van der Waals surface area contributed by atoms with Crippen LogP contribution in [-0.4, -0.2) is 12.2 Å². The van der Waals surface area contributed by atoms with Crippen LogP contribution in [0.5, 0.6) is 0 Å². The maximum atomic E-state index is 6.48. The third kappa shape index (κ3) is 2.58. The largest absolute Gasteiger partial charge is 0.375 e. The van der Waals surface area contributed by atoms with E-state index in [9.17, 15) is 0 Å². The van der Waals surface area contributed by atoms with Gasteiger partial charge < -0.3 is 10.5 Å². The lowest BCUT2D eigenvalue weighted by molar-refractivity contribution is -0.146. The first-order valence-electron chi connectivity index (χ1n) is 6.95. The summed E-state index contributed by atoms with van der Waals surface area (Å²) in [5.41, 5.74) is 7.67. The molecule has 1 aliphatic heterocycles. The first-order chi connectivity index (χ1) is 9.11. The molecule has 2 fully saturated rings. The third-order valence-corrected chi connectivity index (χ3v) is 5.96. The van der Waals surface area contributed by atoms with Crippen molar-refractivity contribution in [2.45, 2.75) is 43.7 Å². The second-order valence-corrected chi connectivity index (χ2v) is 7.04. The van der Waals surface area contributed by atoms with Crippen molar-refractivity contribution in [1.82, 2.24) is 0 Å². The molecule has 1 spiro atoms. The Hall–Kier alpha value is -0.0900. The Morgan fingerprint density at radius 3 is 2.89 bits per heavy atom. The van der Waals surface area contributed by atoms with Crippen LogP contribution in [0.3, 0.4) is 0 Å². The molecular weight excluding hydrogens is 326 g/mol. The van der Waals surface area contributed by atoms with Crippen LogP contribution in [0.4, 0.5) is 0 Å². The minimum Gasteiger partial charge on any atom is -0.375 e. The molecule has 1 heterocycles. The van der Waals surface area contributed by atoms with Gasteiger partial charge in [0.25, 0.3) is 0 Å². The summed E-state index contributed by atoms with van der Waals surface area (Å²) < 4.78 is 6.90. The molecule has 0 amide bonds. The van der Waals surface area contributed by atoms with E-state index in [0.717, 1.165) is 34.5 Å². The van der Waals surface area contributed by atoms with Crippen molar-refractivity contribution in [1.29, 1.82) is 0 Å². The minimum absolute atomic E-state index is 0.00590. The Labute approximate surface area is 127 Å². The van der Waals surface area contributed by atoms with Gasteiger partial charge in [0, 0.05) is 17.1 Å². The van der Waals surface area contributed by atoms with Gasteiger partial charge >= 0.3 is 0 Å². The first-order valence-corrected chi connectivity index (χ1v) is 8.12. The van der Waals surface area contributed by atoms with Crippen molar-refractivity contribution in [2.75, 3.05) is 6.61 Å². The fourth-order valence-electron chi connectivity index (χ4n) is 3.32. The predicted octanol–water partition coefficient (Wildman–Crippen LogP) is 4.45. The van der Waals surface area contributed by atoms with Gasteiger partial charge in [-0.05, 0) is 65.6 Å². The molecule has 19 heavy (non-hydrogen) atoms. The van der Waals surface area contributed by atoms with Crippen LogP contribution in [0.25, 0.3) is 0 Å². The van der Waals surface area contributed by atoms with E-state index in [0.29, 0.717) is 5.92 Å². The van der Waals surface area contributed by atoms with E-state index >= 15 is 0 Å². The molecule has 3 rings (SSSR count). The van der Waals surface area contributed by atoms with E-state index in [-0.39, 0.29) is 11.6 Å². The van der Waals surface area contributed by atoms with Crippen molar-refractivity contribution in [3.63, 3.8) is 0 Å². The molecule has 2 atom stereocenters. The van der Waals surface area contributed by atoms with E-state index < -0.39 is 0 Å². The van der Waals surface area contributed by atoms with Crippen LogP contribution in [0.15, 0.2) is 22.7 Å². The molecule has 2 unspecified atom stereocenters. The summed E-state index contributed by atoms with van der Waals surface area (Å²) in [5.74, 6) is 0.473. The third-order valence-electron chi connectivity index (χ3n) is 4.64. The number of hydrogen-bond donors (Lipinski definition) is 1. The van der Waals surface area contributed by atoms with E-state index in [4.69, 9.17) is 22.1 Å². The number of benzene rings is 1. The second kappa shape index (κ2) is 5.36. The summed E-state index contributed by atoms with van der Waals surface area (Å²) in [4.78, 5) is 0. The van der Waals surface area contributed by atoms with Gasteiger partial charge in [-0.15, -0.1) is 0 Å². The van der Waals surface area contributed by atoms with Crippen molar-refractivity contribution in [3.05, 3.63) is 33.3 Å². The molecule has 1 aromatic carbocycles. The maximum Gasteiger partial charge on any atom is 0.0686 e. The smallest absolute Gasteiger partial charge is 0.0686 e. The summed E-state index contributed by atoms with van der Waals surface area (Å²) in [5, 5.41) is 0.754. The van der Waals surface area contributed by atoms with Gasteiger partial charge in [-0.25, -0.2) is 0 Å². The van der Waals surface area contributed by atoms with Crippen LogP contribution in [0, 0.1) is 5.92 Å². The van der Waals surface area contributed by atoms with Crippen LogP contribution in [0.2, 0.25) is 5.02 Å². The molecule has 1 saturated heterocycles. The summed E-state index contributed by atoms with van der Waals surface area (Å²) >= 11 is 9.84. The molecule has 1 aliphatic carbocycles. The Morgan fingerprint density at radius 2 is 2.21 bits per heavy atom. The van der Waals surface area contributed by atoms with E-state index in [1.54, 1.807) is 0 Å². The fraction of sp³-hybridized carbons (Fsp3) is 0.600. The van der Waals surface area contributed by atoms with Crippen LogP contribution >= 0.6 is 27.5 Å². The summed E-state index contributed by atoms with van der Waals surface area (Å²) in [6.07, 6.45) is 5.80.